The molecule has 50 heavy (non-hydrogen) atoms. The van der Waals surface area contributed by atoms with Gasteiger partial charge in [-0.1, -0.05) is 175 Å². The first-order valence-corrected chi connectivity index (χ1v) is 39.6. The van der Waals surface area contributed by atoms with E-state index in [-0.39, 0.29) is 0 Å². The third kappa shape index (κ3) is 8.12. The summed E-state index contributed by atoms with van der Waals surface area (Å²) in [6, 6.07) is 20.2. The van der Waals surface area contributed by atoms with Crippen LogP contribution in [0.4, 0.5) is 0 Å². The summed E-state index contributed by atoms with van der Waals surface area (Å²) in [4.78, 5) is 0. The first kappa shape index (κ1) is 38.8. The molecule has 0 aliphatic rings. The largest absolute Gasteiger partial charge is 0.129 e. The second kappa shape index (κ2) is 12.6. The smallest absolute Gasteiger partial charge is 0.127 e. The first-order chi connectivity index (χ1) is 22.5. The Hall–Kier alpha value is -2.44. The van der Waals surface area contributed by atoms with Crippen LogP contribution in [0.25, 0.3) is 43.1 Å². The summed E-state index contributed by atoms with van der Waals surface area (Å²) in [5.41, 5.74) is 9.99. The van der Waals surface area contributed by atoms with Gasteiger partial charge in [-0.25, -0.2) is 0 Å². The van der Waals surface area contributed by atoms with Gasteiger partial charge in [-0.05, 0) is 67.4 Å². The van der Waals surface area contributed by atoms with Crippen LogP contribution in [-0.4, -0.2) is 48.4 Å². The van der Waals surface area contributed by atoms with E-state index in [4.69, 9.17) is 0 Å². The predicted octanol–water partition coefficient (Wildman–Crippen LogP) is 10.9. The van der Waals surface area contributed by atoms with Crippen molar-refractivity contribution < 1.29 is 0 Å². The van der Waals surface area contributed by atoms with E-state index in [2.05, 4.69) is 189 Å². The number of hydrogen-bond donors (Lipinski definition) is 0. The maximum Gasteiger partial charge on any atom is 0.129 e. The Labute approximate surface area is 310 Å². The van der Waals surface area contributed by atoms with Gasteiger partial charge in [0.2, 0.25) is 0 Å². The van der Waals surface area contributed by atoms with Crippen molar-refractivity contribution >= 4 is 112 Å². The molecular formula is C44H62Si6. The molecule has 6 heteroatoms. The molecule has 0 aliphatic heterocycles. The van der Waals surface area contributed by atoms with E-state index in [1.54, 1.807) is 20.7 Å². The lowest BCUT2D eigenvalue weighted by Crippen LogP contribution is -2.56. The minimum atomic E-state index is -1.66. The van der Waals surface area contributed by atoms with Gasteiger partial charge in [-0.15, -0.1) is 11.1 Å². The normalized spacial score (nSPS) is 13.5. The maximum absolute atomic E-state index is 3.86. The molecule has 0 atom stereocenters. The van der Waals surface area contributed by atoms with Gasteiger partial charge in [-0.3, -0.25) is 0 Å². The minimum Gasteiger partial charge on any atom is -0.127 e. The highest BCUT2D eigenvalue weighted by molar-refractivity contribution is 6.99. The fourth-order valence-electron chi connectivity index (χ4n) is 7.07. The summed E-state index contributed by atoms with van der Waals surface area (Å²) in [5.74, 6) is 7.73. The highest BCUT2D eigenvalue weighted by Crippen LogP contribution is 2.37. The van der Waals surface area contributed by atoms with Crippen LogP contribution in [0.1, 0.15) is 11.1 Å². The average molecular weight is 759 g/mol. The fraction of sp³-hybridized carbons (Fsp3) is 0.409. The lowest BCUT2D eigenvalue weighted by Gasteiger charge is -2.29. The molecule has 5 aromatic carbocycles. The molecule has 0 saturated heterocycles. The van der Waals surface area contributed by atoms with Gasteiger partial charge in [0, 0.05) is 11.1 Å². The number of hydrogen-bond acceptors (Lipinski definition) is 0. The molecule has 0 fully saturated rings. The maximum atomic E-state index is 3.86. The van der Waals surface area contributed by atoms with Gasteiger partial charge in [0.25, 0.3) is 0 Å². The highest BCUT2D eigenvalue weighted by Gasteiger charge is 2.30. The molecule has 0 aromatic heterocycles. The van der Waals surface area contributed by atoms with Crippen LogP contribution in [0.5, 0.6) is 0 Å². The third-order valence-electron chi connectivity index (χ3n) is 9.66. The van der Waals surface area contributed by atoms with Gasteiger partial charge >= 0.3 is 0 Å². The zero-order valence-corrected chi connectivity index (χ0v) is 40.6. The van der Waals surface area contributed by atoms with Crippen LogP contribution < -0.4 is 20.7 Å². The molecule has 0 saturated carbocycles. The van der Waals surface area contributed by atoms with Crippen LogP contribution in [0.2, 0.25) is 118 Å². The van der Waals surface area contributed by atoms with Gasteiger partial charge in [0.15, 0.2) is 0 Å². The summed E-state index contributed by atoms with van der Waals surface area (Å²) in [6.45, 7) is 44.3. The van der Waals surface area contributed by atoms with Crippen LogP contribution in [-0.2, 0) is 0 Å². The molecule has 0 bridgehead atoms. The van der Waals surface area contributed by atoms with E-state index in [1.807, 2.05) is 0 Å². The van der Waals surface area contributed by atoms with Crippen molar-refractivity contribution in [3.05, 3.63) is 59.7 Å². The molecule has 0 heterocycles. The van der Waals surface area contributed by atoms with Crippen molar-refractivity contribution in [1.29, 1.82) is 0 Å². The summed E-state index contributed by atoms with van der Waals surface area (Å²) >= 11 is 0. The Morgan fingerprint density at radius 2 is 0.500 bits per heavy atom. The predicted molar refractivity (Wildman–Crippen MR) is 249 cm³/mol. The van der Waals surface area contributed by atoms with Gasteiger partial charge < -0.3 is 0 Å². The van der Waals surface area contributed by atoms with E-state index in [9.17, 15) is 0 Å². The van der Waals surface area contributed by atoms with Crippen molar-refractivity contribution in [3.63, 3.8) is 0 Å². The van der Waals surface area contributed by atoms with E-state index in [0.29, 0.717) is 0 Å². The monoisotopic (exact) mass is 758 g/mol. The highest BCUT2D eigenvalue weighted by atomic mass is 28.3. The zero-order valence-electron chi connectivity index (χ0n) is 34.6. The molecule has 0 N–H and O–H groups in total. The number of benzene rings is 5. The molecular weight excluding hydrogens is 697 g/mol. The van der Waals surface area contributed by atoms with Crippen LogP contribution >= 0.6 is 0 Å². The molecule has 0 radical (unpaired) electrons. The van der Waals surface area contributed by atoms with E-state index < -0.39 is 48.4 Å². The van der Waals surface area contributed by atoms with Crippen LogP contribution in [0.3, 0.4) is 0 Å². The Bertz CT molecular complexity index is 2020. The Balaban J connectivity index is 2.10. The molecule has 262 valence electrons. The molecule has 0 amide bonds. The van der Waals surface area contributed by atoms with Crippen molar-refractivity contribution in [3.8, 4) is 22.9 Å². The summed E-state index contributed by atoms with van der Waals surface area (Å²) in [7, 11) is -9.66. The summed E-state index contributed by atoms with van der Waals surface area (Å²) in [5, 5.41) is 16.9. The first-order valence-electron chi connectivity index (χ1n) is 18.6. The van der Waals surface area contributed by atoms with Crippen LogP contribution in [0.15, 0.2) is 48.5 Å². The molecule has 0 spiro atoms. The second-order valence-electron chi connectivity index (χ2n) is 21.0. The zero-order chi connectivity index (χ0) is 37.6. The quantitative estimate of drug-likeness (QED) is 0.0973. The Morgan fingerprint density at radius 3 is 0.660 bits per heavy atom. The third-order valence-corrected chi connectivity index (χ3v) is 20.0. The lowest BCUT2D eigenvalue weighted by molar-refractivity contribution is 1.68. The fourth-order valence-corrected chi connectivity index (χ4v) is 18.4. The second-order valence-corrected chi connectivity index (χ2v) is 50.7. The Kier molecular flexibility index (Phi) is 9.78. The Morgan fingerprint density at radius 1 is 0.300 bits per heavy atom. The average Bonchev–Trinajstić information content (AvgIpc) is 2.92. The SMILES string of the molecule is C[Si](C)(C)C#Cc1c2cc3cc([Si](C)(C)C)c([Si](C)(C)C)cc3cc2c(C#C[Si](C)(C)C)c2cc3cc([Si](C)(C)C)c([Si](C)(C)C)cc3cc12. The van der Waals surface area contributed by atoms with Gasteiger partial charge in [0.05, 0.1) is 32.3 Å². The van der Waals surface area contributed by atoms with Gasteiger partial charge in [0.1, 0.15) is 16.1 Å². The van der Waals surface area contributed by atoms with E-state index >= 15 is 0 Å². The standard InChI is InChI=1S/C44H62Si6/c1-45(2,3)21-19-35-37-23-31-27-41(47(7,8)9)43(49(13,14)15)29-33(31)25-39(37)36(20-22-46(4,5)6)40-26-34-30-44(50(16,17)18)42(48(10,11)12)28-32(34)24-38(35)40/h23-30H,1-18H3. The van der Waals surface area contributed by atoms with Crippen molar-refractivity contribution in [1.82, 2.24) is 0 Å². The topological polar surface area (TPSA) is 0 Å². The summed E-state index contributed by atoms with van der Waals surface area (Å²) < 4.78 is 0. The molecule has 5 aromatic rings. The minimum absolute atomic E-state index is 1.19. The van der Waals surface area contributed by atoms with Crippen molar-refractivity contribution in [2.75, 3.05) is 0 Å². The molecule has 0 aliphatic carbocycles. The van der Waals surface area contributed by atoms with Gasteiger partial charge in [-0.2, -0.15) is 0 Å². The van der Waals surface area contributed by atoms with E-state index in [0.717, 1.165) is 0 Å². The van der Waals surface area contributed by atoms with Crippen molar-refractivity contribution in [2.24, 2.45) is 0 Å². The van der Waals surface area contributed by atoms with Crippen molar-refractivity contribution in [2.45, 2.75) is 118 Å². The van der Waals surface area contributed by atoms with E-state index in [1.165, 1.54) is 54.2 Å². The lowest BCUT2D eigenvalue weighted by atomic mass is 9.89. The summed E-state index contributed by atoms with van der Waals surface area (Å²) in [6.07, 6.45) is 0. The van der Waals surface area contributed by atoms with Crippen LogP contribution in [0, 0.1) is 22.9 Å². The number of fused-ring (bicyclic) bond motifs is 4. The molecule has 5 rings (SSSR count). The molecule has 0 nitrogen and oxygen atoms in total. The number of rotatable bonds is 4. The molecule has 0 unspecified atom stereocenters.